The number of carbonyl (C=O) groups is 1. The topological polar surface area (TPSA) is 104 Å². The standard InChI is InChI=1S/C9H10N4O2.ClH/c10-4-8(14)11-5-1-2-6-7(3-5)13-9(15)12-6;/h1-3H,4,10H2,(H,11,14)(H2,12,13,15);1H. The van der Waals surface area contributed by atoms with Gasteiger partial charge in [-0.1, -0.05) is 0 Å². The van der Waals surface area contributed by atoms with Gasteiger partial charge in [0.1, 0.15) is 0 Å². The first kappa shape index (κ1) is 12.3. The van der Waals surface area contributed by atoms with Crippen molar-refractivity contribution in [3.8, 4) is 0 Å². The number of benzene rings is 1. The van der Waals surface area contributed by atoms with E-state index in [1.165, 1.54) is 0 Å². The summed E-state index contributed by atoms with van der Waals surface area (Å²) in [6.07, 6.45) is 0. The van der Waals surface area contributed by atoms with E-state index in [1.54, 1.807) is 18.2 Å². The minimum absolute atomic E-state index is 0. The number of amides is 1. The van der Waals surface area contributed by atoms with E-state index >= 15 is 0 Å². The fraction of sp³-hybridized carbons (Fsp3) is 0.111. The number of halogens is 1. The van der Waals surface area contributed by atoms with Crippen molar-refractivity contribution in [1.82, 2.24) is 9.97 Å². The van der Waals surface area contributed by atoms with Gasteiger partial charge >= 0.3 is 5.69 Å². The van der Waals surface area contributed by atoms with Gasteiger partial charge in [-0.25, -0.2) is 4.79 Å². The van der Waals surface area contributed by atoms with Gasteiger partial charge in [0, 0.05) is 5.69 Å². The maximum absolute atomic E-state index is 11.0. The number of anilines is 1. The van der Waals surface area contributed by atoms with Gasteiger partial charge in [0.15, 0.2) is 0 Å². The van der Waals surface area contributed by atoms with E-state index in [9.17, 15) is 9.59 Å². The Morgan fingerprint density at radius 1 is 1.31 bits per heavy atom. The van der Waals surface area contributed by atoms with Crippen LogP contribution >= 0.6 is 12.4 Å². The first-order valence-electron chi connectivity index (χ1n) is 4.41. The Morgan fingerprint density at radius 3 is 2.69 bits per heavy atom. The molecular formula is C9H11ClN4O2. The molecular weight excluding hydrogens is 232 g/mol. The molecule has 1 amide bonds. The summed E-state index contributed by atoms with van der Waals surface area (Å²) in [6, 6.07) is 5.07. The lowest BCUT2D eigenvalue weighted by molar-refractivity contribution is -0.114. The molecule has 0 atom stereocenters. The number of imidazole rings is 1. The van der Waals surface area contributed by atoms with Crippen LogP contribution in [0.15, 0.2) is 23.0 Å². The van der Waals surface area contributed by atoms with Crippen molar-refractivity contribution in [2.45, 2.75) is 0 Å². The van der Waals surface area contributed by atoms with Crippen LogP contribution in [0.4, 0.5) is 5.69 Å². The Bertz CT molecular complexity index is 560. The minimum Gasteiger partial charge on any atom is -0.325 e. The predicted octanol–water partition coefficient (Wildman–Crippen LogP) is 0.175. The smallest absolute Gasteiger partial charge is 0.323 e. The average molecular weight is 243 g/mol. The van der Waals surface area contributed by atoms with Gasteiger partial charge in [0.2, 0.25) is 5.91 Å². The molecule has 5 N–H and O–H groups in total. The zero-order chi connectivity index (χ0) is 10.8. The Kier molecular flexibility index (Phi) is 3.70. The fourth-order valence-electron chi connectivity index (χ4n) is 1.32. The Hall–Kier alpha value is -1.79. The van der Waals surface area contributed by atoms with Crippen LogP contribution in [0.3, 0.4) is 0 Å². The molecule has 7 heteroatoms. The number of fused-ring (bicyclic) bond motifs is 1. The van der Waals surface area contributed by atoms with Gasteiger partial charge in [-0.15, -0.1) is 12.4 Å². The van der Waals surface area contributed by atoms with Crippen molar-refractivity contribution in [2.24, 2.45) is 5.73 Å². The van der Waals surface area contributed by atoms with E-state index in [1.807, 2.05) is 0 Å². The maximum atomic E-state index is 11.0. The number of nitrogens with two attached hydrogens (primary N) is 1. The van der Waals surface area contributed by atoms with E-state index < -0.39 is 0 Å². The third-order valence-electron chi connectivity index (χ3n) is 1.99. The second kappa shape index (κ2) is 4.82. The van der Waals surface area contributed by atoms with Crippen LogP contribution in [0.25, 0.3) is 11.0 Å². The summed E-state index contributed by atoms with van der Waals surface area (Å²) in [7, 11) is 0. The van der Waals surface area contributed by atoms with Crippen LogP contribution in [0.2, 0.25) is 0 Å². The fourth-order valence-corrected chi connectivity index (χ4v) is 1.32. The largest absolute Gasteiger partial charge is 0.325 e. The van der Waals surface area contributed by atoms with Crippen molar-refractivity contribution in [2.75, 3.05) is 11.9 Å². The molecule has 16 heavy (non-hydrogen) atoms. The molecule has 0 aliphatic carbocycles. The zero-order valence-electron chi connectivity index (χ0n) is 8.24. The number of hydrogen-bond acceptors (Lipinski definition) is 3. The first-order chi connectivity index (χ1) is 7.19. The molecule has 0 saturated heterocycles. The van der Waals surface area contributed by atoms with Crippen molar-refractivity contribution in [3.63, 3.8) is 0 Å². The molecule has 2 aromatic rings. The number of H-pyrrole nitrogens is 2. The van der Waals surface area contributed by atoms with Gasteiger partial charge in [-0.05, 0) is 18.2 Å². The van der Waals surface area contributed by atoms with Crippen LogP contribution in [0, 0.1) is 0 Å². The van der Waals surface area contributed by atoms with E-state index in [2.05, 4.69) is 15.3 Å². The van der Waals surface area contributed by atoms with E-state index in [0.717, 1.165) is 0 Å². The Balaban J connectivity index is 0.00000128. The molecule has 0 radical (unpaired) electrons. The van der Waals surface area contributed by atoms with E-state index in [-0.39, 0.29) is 30.5 Å². The summed E-state index contributed by atoms with van der Waals surface area (Å²) in [5.41, 5.74) is 6.84. The molecule has 0 unspecified atom stereocenters. The molecule has 1 aromatic carbocycles. The van der Waals surface area contributed by atoms with Crippen molar-refractivity contribution in [3.05, 3.63) is 28.7 Å². The average Bonchev–Trinajstić information content (AvgIpc) is 2.57. The second-order valence-corrected chi connectivity index (χ2v) is 3.09. The van der Waals surface area contributed by atoms with Crippen LogP contribution in [0.1, 0.15) is 0 Å². The molecule has 86 valence electrons. The molecule has 0 aliphatic rings. The quantitative estimate of drug-likeness (QED) is 0.604. The third kappa shape index (κ3) is 2.41. The van der Waals surface area contributed by atoms with Crippen molar-refractivity contribution in [1.29, 1.82) is 0 Å². The van der Waals surface area contributed by atoms with E-state index in [4.69, 9.17) is 5.73 Å². The highest BCUT2D eigenvalue weighted by molar-refractivity contribution is 5.94. The molecule has 0 fully saturated rings. The van der Waals surface area contributed by atoms with Crippen LogP contribution < -0.4 is 16.7 Å². The van der Waals surface area contributed by atoms with Gasteiger partial charge in [-0.2, -0.15) is 0 Å². The highest BCUT2D eigenvalue weighted by Crippen LogP contribution is 2.13. The minimum atomic E-state index is -0.271. The Morgan fingerprint density at radius 2 is 2.00 bits per heavy atom. The van der Waals surface area contributed by atoms with E-state index in [0.29, 0.717) is 16.7 Å². The number of aromatic nitrogens is 2. The summed E-state index contributed by atoms with van der Waals surface area (Å²) in [5.74, 6) is -0.271. The third-order valence-corrected chi connectivity index (χ3v) is 1.99. The molecule has 6 nitrogen and oxygen atoms in total. The Labute approximate surface area is 96.6 Å². The summed E-state index contributed by atoms with van der Waals surface area (Å²) >= 11 is 0. The van der Waals surface area contributed by atoms with Gasteiger partial charge < -0.3 is 21.0 Å². The molecule has 0 spiro atoms. The molecule has 0 bridgehead atoms. The van der Waals surface area contributed by atoms with Gasteiger partial charge in [0.05, 0.1) is 17.6 Å². The lowest BCUT2D eigenvalue weighted by atomic mass is 10.3. The highest BCUT2D eigenvalue weighted by Gasteiger charge is 2.02. The molecule has 2 rings (SSSR count). The number of hydrogen-bond donors (Lipinski definition) is 4. The highest BCUT2D eigenvalue weighted by atomic mass is 35.5. The molecule has 0 aliphatic heterocycles. The molecule has 1 aromatic heterocycles. The summed E-state index contributed by atoms with van der Waals surface area (Å²) in [4.78, 5) is 27.2. The lowest BCUT2D eigenvalue weighted by Gasteiger charge is -2.02. The maximum Gasteiger partial charge on any atom is 0.323 e. The first-order valence-corrected chi connectivity index (χ1v) is 4.41. The number of nitrogens with one attached hydrogen (secondary N) is 3. The SMILES string of the molecule is Cl.NCC(=O)Nc1ccc2[nH]c(=O)[nH]c2c1. The number of carbonyl (C=O) groups excluding carboxylic acids is 1. The summed E-state index contributed by atoms with van der Waals surface area (Å²) < 4.78 is 0. The van der Waals surface area contributed by atoms with Gasteiger partial charge in [-0.3, -0.25) is 4.79 Å². The summed E-state index contributed by atoms with van der Waals surface area (Å²) in [6.45, 7) is -0.0678. The second-order valence-electron chi connectivity index (χ2n) is 3.09. The van der Waals surface area contributed by atoms with Crippen LogP contribution in [0.5, 0.6) is 0 Å². The number of rotatable bonds is 2. The lowest BCUT2D eigenvalue weighted by Crippen LogP contribution is -2.21. The normalized spacial score (nSPS) is 9.81. The zero-order valence-corrected chi connectivity index (χ0v) is 9.06. The van der Waals surface area contributed by atoms with Crippen molar-refractivity contribution >= 4 is 35.0 Å². The number of aromatic amines is 2. The van der Waals surface area contributed by atoms with Crippen molar-refractivity contribution < 1.29 is 4.79 Å². The van der Waals surface area contributed by atoms with Crippen LogP contribution in [-0.2, 0) is 4.79 Å². The van der Waals surface area contributed by atoms with Crippen LogP contribution in [-0.4, -0.2) is 22.4 Å². The monoisotopic (exact) mass is 242 g/mol. The molecule has 1 heterocycles. The summed E-state index contributed by atoms with van der Waals surface area (Å²) in [5, 5.41) is 2.59. The molecule has 0 saturated carbocycles. The van der Waals surface area contributed by atoms with Gasteiger partial charge in [0.25, 0.3) is 0 Å². The predicted molar refractivity (Wildman–Crippen MR) is 63.9 cm³/mol.